The Morgan fingerprint density at radius 2 is 1.80 bits per heavy atom. The number of nitrogens with one attached hydrogen (secondary N) is 2. The molecule has 0 fully saturated rings. The van der Waals surface area contributed by atoms with Gasteiger partial charge in [0.15, 0.2) is 15.5 Å². The summed E-state index contributed by atoms with van der Waals surface area (Å²) in [4.78, 5) is 12.2. The second-order valence-corrected chi connectivity index (χ2v) is 9.54. The third kappa shape index (κ3) is 4.11. The molecule has 0 saturated heterocycles. The van der Waals surface area contributed by atoms with Crippen molar-refractivity contribution in [3.05, 3.63) is 76.7 Å². The Balaban J connectivity index is 1.44. The molecule has 0 bridgehead atoms. The van der Waals surface area contributed by atoms with Gasteiger partial charge in [-0.25, -0.2) is 8.42 Å². The van der Waals surface area contributed by atoms with Crippen molar-refractivity contribution in [2.45, 2.75) is 11.3 Å². The van der Waals surface area contributed by atoms with E-state index < -0.39 is 15.9 Å². The number of anilines is 2. The number of benzene rings is 2. The molecule has 2 N–H and O–H groups in total. The minimum absolute atomic E-state index is 0.0663. The van der Waals surface area contributed by atoms with Gasteiger partial charge >= 0.3 is 0 Å². The third-order valence-electron chi connectivity index (χ3n) is 4.57. The topological polar surface area (TPSA) is 91.7 Å². The van der Waals surface area contributed by atoms with Crippen LogP contribution in [0.1, 0.15) is 16.1 Å². The molecule has 0 unspecified atom stereocenters. The van der Waals surface area contributed by atoms with E-state index in [4.69, 9.17) is 16.6 Å². The SMILES string of the molecule is O=C(NC(=S)Nc1ccc(S(=O)(=O)N2CCc3ccccc32)cc1)c1ccc(Br)o1. The summed E-state index contributed by atoms with van der Waals surface area (Å²) >= 11 is 8.26. The lowest BCUT2D eigenvalue weighted by molar-refractivity contribution is 0.0949. The Kier molecular flexibility index (Phi) is 5.63. The molecule has 2 aromatic carbocycles. The molecule has 0 saturated carbocycles. The van der Waals surface area contributed by atoms with Crippen molar-refractivity contribution in [3.8, 4) is 0 Å². The van der Waals surface area contributed by atoms with E-state index in [0.29, 0.717) is 29.0 Å². The van der Waals surface area contributed by atoms with Crippen LogP contribution < -0.4 is 14.9 Å². The van der Waals surface area contributed by atoms with Gasteiger partial charge in [0.2, 0.25) is 0 Å². The molecule has 0 aliphatic carbocycles. The fourth-order valence-electron chi connectivity index (χ4n) is 3.16. The van der Waals surface area contributed by atoms with E-state index in [9.17, 15) is 13.2 Å². The number of halogens is 1. The van der Waals surface area contributed by atoms with Crippen LogP contribution in [0.3, 0.4) is 0 Å². The van der Waals surface area contributed by atoms with Crippen LogP contribution in [-0.4, -0.2) is 26.0 Å². The summed E-state index contributed by atoms with van der Waals surface area (Å²) in [6, 6.07) is 16.8. The molecule has 1 aromatic heterocycles. The van der Waals surface area contributed by atoms with Gasteiger partial charge in [-0.3, -0.25) is 14.4 Å². The molecule has 0 spiro atoms. The minimum Gasteiger partial charge on any atom is -0.444 e. The molecular formula is C20H16BrN3O4S2. The monoisotopic (exact) mass is 505 g/mol. The Bertz CT molecular complexity index is 1220. The second-order valence-electron chi connectivity index (χ2n) is 6.49. The predicted molar refractivity (Wildman–Crippen MR) is 121 cm³/mol. The molecule has 0 atom stereocenters. The molecule has 1 aliphatic rings. The number of thiocarbonyl (C=S) groups is 1. The minimum atomic E-state index is -3.66. The standard InChI is InChI=1S/C20H16BrN3O4S2/c21-18-10-9-17(28-18)19(25)23-20(29)22-14-5-7-15(8-6-14)30(26,27)24-12-11-13-3-1-2-4-16(13)24/h1-10H,11-12H2,(H2,22,23,25,29). The molecule has 0 radical (unpaired) electrons. The van der Waals surface area contributed by atoms with Gasteiger partial charge in [-0.1, -0.05) is 18.2 Å². The van der Waals surface area contributed by atoms with E-state index in [2.05, 4.69) is 26.6 Å². The van der Waals surface area contributed by atoms with Crippen molar-refractivity contribution < 1.29 is 17.6 Å². The number of para-hydroxylation sites is 1. The third-order valence-corrected chi connectivity index (χ3v) is 7.03. The van der Waals surface area contributed by atoms with Crippen molar-refractivity contribution in [2.75, 3.05) is 16.2 Å². The van der Waals surface area contributed by atoms with Crippen LogP contribution in [0.15, 0.2) is 74.6 Å². The van der Waals surface area contributed by atoms with Gasteiger partial charge in [-0.2, -0.15) is 0 Å². The summed E-state index contributed by atoms with van der Waals surface area (Å²) in [5.41, 5.74) is 2.28. The molecule has 4 rings (SSSR count). The highest BCUT2D eigenvalue weighted by molar-refractivity contribution is 9.10. The Morgan fingerprint density at radius 3 is 2.50 bits per heavy atom. The highest BCUT2D eigenvalue weighted by Crippen LogP contribution is 2.32. The lowest BCUT2D eigenvalue weighted by Gasteiger charge is -2.19. The molecule has 154 valence electrons. The summed E-state index contributed by atoms with van der Waals surface area (Å²) in [5.74, 6) is -0.386. The zero-order valence-electron chi connectivity index (χ0n) is 15.5. The highest BCUT2D eigenvalue weighted by Gasteiger charge is 2.30. The van der Waals surface area contributed by atoms with Crippen LogP contribution in [0.2, 0.25) is 0 Å². The first-order valence-corrected chi connectivity index (χ1v) is 11.6. The number of rotatable bonds is 4. The summed E-state index contributed by atoms with van der Waals surface area (Å²) in [6.07, 6.45) is 0.690. The average molecular weight is 506 g/mol. The maximum atomic E-state index is 13.0. The van der Waals surface area contributed by atoms with Gasteiger partial charge in [-0.15, -0.1) is 0 Å². The smallest absolute Gasteiger partial charge is 0.293 e. The van der Waals surface area contributed by atoms with Gasteiger partial charge in [0.25, 0.3) is 15.9 Å². The van der Waals surface area contributed by atoms with E-state index in [1.165, 1.54) is 22.5 Å². The molecule has 10 heteroatoms. The highest BCUT2D eigenvalue weighted by atomic mass is 79.9. The number of hydrogen-bond donors (Lipinski definition) is 2. The average Bonchev–Trinajstić information content (AvgIpc) is 3.35. The number of carbonyl (C=O) groups is 1. The quantitative estimate of drug-likeness (QED) is 0.522. The van der Waals surface area contributed by atoms with Gasteiger partial charge in [0, 0.05) is 12.2 Å². The largest absolute Gasteiger partial charge is 0.444 e. The first-order chi connectivity index (χ1) is 14.3. The van der Waals surface area contributed by atoms with Crippen molar-refractivity contribution >= 4 is 60.6 Å². The van der Waals surface area contributed by atoms with Crippen LogP contribution in [0, 0.1) is 0 Å². The number of carbonyl (C=O) groups excluding carboxylic acids is 1. The van der Waals surface area contributed by atoms with E-state index in [0.717, 1.165) is 5.56 Å². The van der Waals surface area contributed by atoms with Crippen LogP contribution in [0.25, 0.3) is 0 Å². The zero-order chi connectivity index (χ0) is 21.3. The molecule has 7 nitrogen and oxygen atoms in total. The van der Waals surface area contributed by atoms with E-state index in [-0.39, 0.29) is 15.8 Å². The lowest BCUT2D eigenvalue weighted by Crippen LogP contribution is -2.33. The van der Waals surface area contributed by atoms with Crippen LogP contribution >= 0.6 is 28.1 Å². The van der Waals surface area contributed by atoms with E-state index in [1.807, 2.05) is 24.3 Å². The Hall–Kier alpha value is -2.69. The molecule has 2 heterocycles. The van der Waals surface area contributed by atoms with Crippen molar-refractivity contribution in [1.29, 1.82) is 0 Å². The molecule has 3 aromatic rings. The lowest BCUT2D eigenvalue weighted by atomic mass is 10.2. The van der Waals surface area contributed by atoms with Crippen molar-refractivity contribution in [2.24, 2.45) is 0 Å². The van der Waals surface area contributed by atoms with Crippen molar-refractivity contribution in [3.63, 3.8) is 0 Å². The molecule has 1 aliphatic heterocycles. The van der Waals surface area contributed by atoms with E-state index in [1.54, 1.807) is 18.2 Å². The number of fused-ring (bicyclic) bond motifs is 1. The second kappa shape index (κ2) is 8.21. The van der Waals surface area contributed by atoms with Gasteiger partial charge in [-0.05, 0) is 82.6 Å². The summed E-state index contributed by atoms with van der Waals surface area (Å²) < 4.78 is 33.1. The maximum Gasteiger partial charge on any atom is 0.293 e. The maximum absolute atomic E-state index is 13.0. The zero-order valence-corrected chi connectivity index (χ0v) is 18.7. The van der Waals surface area contributed by atoms with Gasteiger partial charge in [0.05, 0.1) is 10.6 Å². The van der Waals surface area contributed by atoms with Gasteiger partial charge in [0.1, 0.15) is 0 Å². The number of furan rings is 1. The summed E-state index contributed by atoms with van der Waals surface area (Å²) in [6.45, 7) is 0.417. The summed E-state index contributed by atoms with van der Waals surface area (Å²) in [7, 11) is -3.66. The first-order valence-electron chi connectivity index (χ1n) is 8.93. The fourth-order valence-corrected chi connectivity index (χ4v) is 5.18. The number of amides is 1. The Morgan fingerprint density at radius 1 is 1.07 bits per heavy atom. The number of hydrogen-bond acceptors (Lipinski definition) is 5. The van der Waals surface area contributed by atoms with Crippen LogP contribution in [0.4, 0.5) is 11.4 Å². The number of nitrogens with zero attached hydrogens (tertiary/aromatic N) is 1. The molecular weight excluding hydrogens is 490 g/mol. The van der Waals surface area contributed by atoms with Crippen LogP contribution in [0.5, 0.6) is 0 Å². The summed E-state index contributed by atoms with van der Waals surface area (Å²) in [5, 5.41) is 5.42. The number of sulfonamides is 1. The molecule has 30 heavy (non-hydrogen) atoms. The Labute approximate surface area is 187 Å². The van der Waals surface area contributed by atoms with Gasteiger partial charge < -0.3 is 9.73 Å². The van der Waals surface area contributed by atoms with E-state index >= 15 is 0 Å². The van der Waals surface area contributed by atoms with Crippen LogP contribution in [-0.2, 0) is 16.4 Å². The first kappa shape index (κ1) is 20.6. The molecule has 1 amide bonds. The van der Waals surface area contributed by atoms with Crippen molar-refractivity contribution in [1.82, 2.24) is 5.32 Å². The normalized spacial score (nSPS) is 13.0. The predicted octanol–water partition coefficient (Wildman–Crippen LogP) is 3.92. The fraction of sp³-hybridized carbons (Fsp3) is 0.100.